The van der Waals surface area contributed by atoms with Crippen LogP contribution in [0.4, 0.5) is 0 Å². The van der Waals surface area contributed by atoms with E-state index in [-0.39, 0.29) is 23.7 Å². The molecule has 4 nitrogen and oxygen atoms in total. The van der Waals surface area contributed by atoms with E-state index < -0.39 is 0 Å². The molecule has 0 aromatic rings. The number of hydrogen-bond acceptors (Lipinski definition) is 3. The highest BCUT2D eigenvalue weighted by molar-refractivity contribution is 9.09. The molecular formula is C13H22BrNO3. The topological polar surface area (TPSA) is 38.8 Å². The summed E-state index contributed by atoms with van der Waals surface area (Å²) < 4.78 is 11.4. The fourth-order valence-corrected chi connectivity index (χ4v) is 3.03. The van der Waals surface area contributed by atoms with E-state index in [0.29, 0.717) is 19.5 Å². The standard InChI is InChI=1S/C13H22BrNO3/c1-13(2)9-15(8-11(7-14)18-13)12(16)6-10-4-3-5-17-10/h10-11H,3-9H2,1-2H3. The molecule has 0 aromatic carbocycles. The van der Waals surface area contributed by atoms with Crippen molar-refractivity contribution in [3.05, 3.63) is 0 Å². The van der Waals surface area contributed by atoms with Crippen LogP contribution in [0.2, 0.25) is 0 Å². The minimum atomic E-state index is -0.261. The molecule has 5 heteroatoms. The van der Waals surface area contributed by atoms with E-state index in [1.807, 2.05) is 18.7 Å². The Morgan fingerprint density at radius 3 is 2.83 bits per heavy atom. The molecule has 0 N–H and O–H groups in total. The van der Waals surface area contributed by atoms with Gasteiger partial charge in [-0.05, 0) is 26.7 Å². The van der Waals surface area contributed by atoms with Crippen LogP contribution >= 0.6 is 15.9 Å². The SMILES string of the molecule is CC1(C)CN(C(=O)CC2CCCO2)CC(CBr)O1. The molecular weight excluding hydrogens is 298 g/mol. The van der Waals surface area contributed by atoms with Crippen LogP contribution < -0.4 is 0 Å². The minimum absolute atomic E-state index is 0.0854. The lowest BCUT2D eigenvalue weighted by atomic mass is 10.0. The van der Waals surface area contributed by atoms with Crippen LogP contribution in [0.5, 0.6) is 0 Å². The molecule has 0 radical (unpaired) electrons. The number of amides is 1. The molecule has 18 heavy (non-hydrogen) atoms. The zero-order valence-corrected chi connectivity index (χ0v) is 12.7. The average molecular weight is 320 g/mol. The third-order valence-corrected chi connectivity index (χ3v) is 4.15. The summed E-state index contributed by atoms with van der Waals surface area (Å²) in [5.74, 6) is 0.198. The molecule has 1 amide bonds. The van der Waals surface area contributed by atoms with Gasteiger partial charge in [0.1, 0.15) is 0 Å². The Hall–Kier alpha value is -0.130. The third kappa shape index (κ3) is 3.68. The molecule has 2 atom stereocenters. The van der Waals surface area contributed by atoms with Crippen molar-refractivity contribution < 1.29 is 14.3 Å². The number of carbonyl (C=O) groups is 1. The summed E-state index contributed by atoms with van der Waals surface area (Å²) in [6, 6.07) is 0. The van der Waals surface area contributed by atoms with Gasteiger partial charge >= 0.3 is 0 Å². The lowest BCUT2D eigenvalue weighted by Crippen LogP contribution is -2.55. The molecule has 104 valence electrons. The van der Waals surface area contributed by atoms with Crippen molar-refractivity contribution in [3.8, 4) is 0 Å². The van der Waals surface area contributed by atoms with Gasteiger partial charge in [-0.1, -0.05) is 15.9 Å². The Labute approximate surface area is 117 Å². The number of morpholine rings is 1. The molecule has 0 saturated carbocycles. The van der Waals surface area contributed by atoms with Gasteiger partial charge in [-0.2, -0.15) is 0 Å². The van der Waals surface area contributed by atoms with Gasteiger partial charge in [0.05, 0.1) is 24.2 Å². The van der Waals surface area contributed by atoms with E-state index in [1.54, 1.807) is 0 Å². The number of ether oxygens (including phenoxy) is 2. The maximum absolute atomic E-state index is 12.3. The highest BCUT2D eigenvalue weighted by Gasteiger charge is 2.35. The van der Waals surface area contributed by atoms with Crippen LogP contribution in [0.15, 0.2) is 0 Å². The molecule has 0 aromatic heterocycles. The number of alkyl halides is 1. The molecule has 2 aliphatic rings. The van der Waals surface area contributed by atoms with Gasteiger partial charge < -0.3 is 14.4 Å². The Kier molecular flexibility index (Phi) is 4.67. The van der Waals surface area contributed by atoms with Gasteiger partial charge in [0.15, 0.2) is 0 Å². The minimum Gasteiger partial charge on any atom is -0.378 e. The lowest BCUT2D eigenvalue weighted by molar-refractivity contribution is -0.158. The van der Waals surface area contributed by atoms with Crippen molar-refractivity contribution in [1.29, 1.82) is 0 Å². The zero-order valence-electron chi connectivity index (χ0n) is 11.2. The summed E-state index contributed by atoms with van der Waals surface area (Å²) in [6.45, 7) is 6.22. The second-order valence-electron chi connectivity index (χ2n) is 5.77. The Balaban J connectivity index is 1.91. The molecule has 0 spiro atoms. The zero-order chi connectivity index (χ0) is 13.2. The molecule has 0 bridgehead atoms. The first-order valence-corrected chi connectivity index (χ1v) is 7.75. The molecule has 0 aliphatic carbocycles. The first-order chi connectivity index (χ1) is 8.50. The molecule has 2 aliphatic heterocycles. The van der Waals surface area contributed by atoms with E-state index >= 15 is 0 Å². The van der Waals surface area contributed by atoms with E-state index in [1.165, 1.54) is 0 Å². The average Bonchev–Trinajstić information content (AvgIpc) is 2.79. The van der Waals surface area contributed by atoms with E-state index in [0.717, 1.165) is 24.8 Å². The van der Waals surface area contributed by atoms with Crippen LogP contribution in [-0.4, -0.2) is 53.6 Å². The predicted octanol–water partition coefficient (Wildman–Crippen LogP) is 1.96. The normalized spacial score (nSPS) is 31.6. The van der Waals surface area contributed by atoms with Crippen molar-refractivity contribution >= 4 is 21.8 Å². The fraction of sp³-hybridized carbons (Fsp3) is 0.923. The number of halogens is 1. The van der Waals surface area contributed by atoms with Crippen molar-refractivity contribution in [3.63, 3.8) is 0 Å². The second-order valence-corrected chi connectivity index (χ2v) is 6.41. The number of rotatable bonds is 3. The van der Waals surface area contributed by atoms with Crippen molar-refractivity contribution in [1.82, 2.24) is 4.90 Å². The Morgan fingerprint density at radius 2 is 2.22 bits per heavy atom. The Bertz CT molecular complexity index is 303. The smallest absolute Gasteiger partial charge is 0.225 e. The van der Waals surface area contributed by atoms with Gasteiger partial charge in [0.2, 0.25) is 5.91 Å². The highest BCUT2D eigenvalue weighted by Crippen LogP contribution is 2.24. The Morgan fingerprint density at radius 1 is 1.44 bits per heavy atom. The lowest BCUT2D eigenvalue weighted by Gasteiger charge is -2.42. The van der Waals surface area contributed by atoms with Crippen LogP contribution in [0.3, 0.4) is 0 Å². The number of nitrogens with zero attached hydrogens (tertiary/aromatic N) is 1. The molecule has 2 heterocycles. The third-order valence-electron chi connectivity index (χ3n) is 3.43. The first-order valence-electron chi connectivity index (χ1n) is 6.63. The fourth-order valence-electron chi connectivity index (χ4n) is 2.70. The van der Waals surface area contributed by atoms with Gasteiger partial charge in [-0.25, -0.2) is 0 Å². The highest BCUT2D eigenvalue weighted by atomic mass is 79.9. The number of carbonyl (C=O) groups excluding carboxylic acids is 1. The maximum Gasteiger partial charge on any atom is 0.225 e. The van der Waals surface area contributed by atoms with Crippen molar-refractivity contribution in [2.45, 2.75) is 50.9 Å². The van der Waals surface area contributed by atoms with Crippen LogP contribution in [0.1, 0.15) is 33.1 Å². The van der Waals surface area contributed by atoms with Crippen LogP contribution in [0.25, 0.3) is 0 Å². The summed E-state index contributed by atoms with van der Waals surface area (Å²) in [4.78, 5) is 14.2. The van der Waals surface area contributed by atoms with Crippen molar-refractivity contribution in [2.75, 3.05) is 25.0 Å². The molecule has 2 unspecified atom stereocenters. The summed E-state index contributed by atoms with van der Waals surface area (Å²) in [6.07, 6.45) is 2.83. The number of hydrogen-bond donors (Lipinski definition) is 0. The summed E-state index contributed by atoms with van der Waals surface area (Å²) >= 11 is 3.44. The second kappa shape index (κ2) is 5.88. The molecule has 2 saturated heterocycles. The maximum atomic E-state index is 12.3. The first kappa shape index (κ1) is 14.3. The molecule has 2 rings (SSSR count). The van der Waals surface area contributed by atoms with Crippen LogP contribution in [-0.2, 0) is 14.3 Å². The van der Waals surface area contributed by atoms with E-state index in [4.69, 9.17) is 9.47 Å². The van der Waals surface area contributed by atoms with Gasteiger partial charge in [-0.3, -0.25) is 4.79 Å². The summed E-state index contributed by atoms with van der Waals surface area (Å²) in [7, 11) is 0. The van der Waals surface area contributed by atoms with E-state index in [2.05, 4.69) is 15.9 Å². The van der Waals surface area contributed by atoms with Gasteiger partial charge in [0.25, 0.3) is 0 Å². The summed E-state index contributed by atoms with van der Waals surface area (Å²) in [5, 5.41) is 0.764. The summed E-state index contributed by atoms with van der Waals surface area (Å²) in [5.41, 5.74) is -0.261. The van der Waals surface area contributed by atoms with E-state index in [9.17, 15) is 4.79 Å². The molecule has 2 fully saturated rings. The van der Waals surface area contributed by atoms with Gasteiger partial charge in [0, 0.05) is 25.0 Å². The van der Waals surface area contributed by atoms with Gasteiger partial charge in [-0.15, -0.1) is 0 Å². The quantitative estimate of drug-likeness (QED) is 0.746. The monoisotopic (exact) mass is 319 g/mol. The largest absolute Gasteiger partial charge is 0.378 e. The van der Waals surface area contributed by atoms with Crippen LogP contribution in [0, 0.1) is 0 Å². The van der Waals surface area contributed by atoms with Crippen molar-refractivity contribution in [2.24, 2.45) is 0 Å². The predicted molar refractivity (Wildman–Crippen MR) is 72.9 cm³/mol.